The fourth-order valence-electron chi connectivity index (χ4n) is 0.844. The van der Waals surface area contributed by atoms with Gasteiger partial charge in [-0.15, -0.1) is 0 Å². The number of hydrogen-bond acceptors (Lipinski definition) is 6. The quantitative estimate of drug-likeness (QED) is 0.436. The minimum atomic E-state index is -0.839. The second-order valence-corrected chi connectivity index (χ2v) is 5.82. The van der Waals surface area contributed by atoms with Crippen molar-refractivity contribution in [3.63, 3.8) is 0 Å². The number of rotatable bonds is 2. The van der Waals surface area contributed by atoms with Crippen LogP contribution in [-0.2, 0) is 9.59 Å². The van der Waals surface area contributed by atoms with E-state index in [2.05, 4.69) is 26.4 Å². The van der Waals surface area contributed by atoms with Crippen LogP contribution in [0.3, 0.4) is 0 Å². The van der Waals surface area contributed by atoms with Crippen LogP contribution in [0.1, 0.15) is 40.5 Å². The van der Waals surface area contributed by atoms with Gasteiger partial charge in [-0.05, 0) is 27.7 Å². The van der Waals surface area contributed by atoms with Crippen LogP contribution in [0.5, 0.6) is 0 Å². The van der Waals surface area contributed by atoms with Crippen LogP contribution in [0.2, 0.25) is 0 Å². The molecule has 20 heavy (non-hydrogen) atoms. The molecule has 0 spiro atoms. The molecule has 0 radical (unpaired) electrons. The van der Waals surface area contributed by atoms with Crippen molar-refractivity contribution in [2.45, 2.75) is 51.6 Å². The largest absolute Gasteiger partial charge is 0.274 e. The third kappa shape index (κ3) is 6.39. The molecule has 1 saturated heterocycles. The fraction of sp³-hybridized carbons (Fsp3) is 0.667. The normalized spacial score (nSPS) is 15.7. The lowest BCUT2D eigenvalue weighted by Crippen LogP contribution is -2.17. The van der Waals surface area contributed by atoms with Crippen LogP contribution in [0.4, 0.5) is 0 Å². The highest BCUT2D eigenvalue weighted by molar-refractivity contribution is 9.08. The van der Waals surface area contributed by atoms with E-state index in [0.29, 0.717) is 12.8 Å². The van der Waals surface area contributed by atoms with E-state index in [1.165, 1.54) is 0 Å². The number of carbonyl (C=O) groups is 2. The summed E-state index contributed by atoms with van der Waals surface area (Å²) in [4.78, 5) is 20.9. The van der Waals surface area contributed by atoms with Crippen molar-refractivity contribution in [3.05, 3.63) is 0 Å². The smallest absolute Gasteiger partial charge is 0.239 e. The lowest BCUT2D eigenvalue weighted by atomic mass is 10.1. The number of imide groups is 1. The van der Waals surface area contributed by atoms with E-state index in [0.717, 1.165) is 3.93 Å². The van der Waals surface area contributed by atoms with Gasteiger partial charge >= 0.3 is 0 Å². The molecule has 7 nitrogen and oxygen atoms in total. The van der Waals surface area contributed by atoms with Gasteiger partial charge in [0, 0.05) is 12.8 Å². The summed E-state index contributed by atoms with van der Waals surface area (Å²) in [5, 5.41) is 24.7. The standard InChI is InChI=1S/C8H12N4.C4H4BrNO2/c1-7(2,5-9)11-12-8(3,4)6-10;5-6-3(7)1-2-4(6)8/h1-4H3;1-2H2/b12-11+;. The van der Waals surface area contributed by atoms with Gasteiger partial charge in [-0.3, -0.25) is 9.59 Å². The number of nitrogens with zero attached hydrogens (tertiary/aromatic N) is 5. The van der Waals surface area contributed by atoms with Gasteiger partial charge in [0.15, 0.2) is 11.1 Å². The van der Waals surface area contributed by atoms with E-state index in [1.807, 2.05) is 12.1 Å². The van der Waals surface area contributed by atoms with Crippen molar-refractivity contribution in [1.82, 2.24) is 3.93 Å². The zero-order valence-electron chi connectivity index (χ0n) is 11.8. The van der Waals surface area contributed by atoms with Gasteiger partial charge in [0.1, 0.15) is 0 Å². The van der Waals surface area contributed by atoms with E-state index in [1.54, 1.807) is 27.7 Å². The minimum absolute atomic E-state index is 0.144. The molecule has 0 aliphatic carbocycles. The van der Waals surface area contributed by atoms with Gasteiger partial charge in [0.25, 0.3) is 0 Å². The first-order valence-corrected chi connectivity index (χ1v) is 6.54. The highest BCUT2D eigenvalue weighted by atomic mass is 79.9. The molecule has 1 aliphatic rings. The first kappa shape index (κ1) is 18.2. The zero-order chi connectivity index (χ0) is 16.0. The van der Waals surface area contributed by atoms with Crippen LogP contribution in [0.25, 0.3) is 0 Å². The lowest BCUT2D eigenvalue weighted by molar-refractivity contribution is -0.131. The molecule has 0 unspecified atom stereocenters. The SMILES string of the molecule is CC(C)(C#N)/N=N/C(C)(C)C#N.O=C1CCC(=O)N1Br. The number of halogens is 1. The second kappa shape index (κ2) is 7.11. The summed E-state index contributed by atoms with van der Waals surface area (Å²) in [6.07, 6.45) is 0.703. The molecular weight excluding hydrogens is 326 g/mol. The average Bonchev–Trinajstić information content (AvgIpc) is 2.69. The topological polar surface area (TPSA) is 110 Å². The van der Waals surface area contributed by atoms with Crippen molar-refractivity contribution in [2.24, 2.45) is 10.2 Å². The molecule has 0 atom stereocenters. The Morgan fingerprint density at radius 1 is 1.00 bits per heavy atom. The molecule has 8 heteroatoms. The summed E-state index contributed by atoms with van der Waals surface area (Å²) in [5.41, 5.74) is -1.68. The van der Waals surface area contributed by atoms with Crippen LogP contribution >= 0.6 is 16.1 Å². The molecule has 1 fully saturated rings. The van der Waals surface area contributed by atoms with Crippen molar-refractivity contribution < 1.29 is 9.59 Å². The monoisotopic (exact) mass is 341 g/mol. The molecule has 0 bridgehead atoms. The van der Waals surface area contributed by atoms with Crippen LogP contribution in [-0.4, -0.2) is 26.8 Å². The molecule has 0 N–H and O–H groups in total. The van der Waals surface area contributed by atoms with Gasteiger partial charge in [0.05, 0.1) is 28.3 Å². The Kier molecular flexibility index (Phi) is 6.47. The number of amides is 2. The van der Waals surface area contributed by atoms with E-state index in [9.17, 15) is 9.59 Å². The van der Waals surface area contributed by atoms with Crippen molar-refractivity contribution >= 4 is 28.0 Å². The first-order valence-electron chi connectivity index (χ1n) is 5.83. The molecule has 0 aromatic heterocycles. The predicted octanol–water partition coefficient (Wildman–Crippen LogP) is 2.49. The van der Waals surface area contributed by atoms with Gasteiger partial charge in [-0.2, -0.15) is 20.8 Å². The Balaban J connectivity index is 0.000000388. The van der Waals surface area contributed by atoms with Gasteiger partial charge in [-0.25, -0.2) is 3.93 Å². The highest BCUT2D eigenvalue weighted by Gasteiger charge is 2.26. The molecule has 2 amide bonds. The molecule has 1 aliphatic heterocycles. The fourth-order valence-corrected chi connectivity index (χ4v) is 1.20. The summed E-state index contributed by atoms with van der Waals surface area (Å²) in [6.45, 7) is 6.57. The Morgan fingerprint density at radius 2 is 1.30 bits per heavy atom. The van der Waals surface area contributed by atoms with Crippen molar-refractivity contribution in [1.29, 1.82) is 10.5 Å². The van der Waals surface area contributed by atoms with Gasteiger partial charge < -0.3 is 0 Å². The van der Waals surface area contributed by atoms with E-state index < -0.39 is 11.1 Å². The molecule has 0 saturated carbocycles. The second-order valence-electron chi connectivity index (χ2n) is 5.11. The molecule has 1 rings (SSSR count). The third-order valence-corrected chi connectivity index (χ3v) is 2.88. The molecular formula is C12H16BrN5O2. The van der Waals surface area contributed by atoms with Crippen LogP contribution in [0.15, 0.2) is 10.2 Å². The molecule has 1 heterocycles. The summed E-state index contributed by atoms with van der Waals surface area (Å²) in [6, 6.07) is 3.94. The lowest BCUT2D eigenvalue weighted by Gasteiger charge is -2.11. The summed E-state index contributed by atoms with van der Waals surface area (Å²) in [7, 11) is 0. The Bertz CT molecular complexity index is 455. The van der Waals surface area contributed by atoms with E-state index >= 15 is 0 Å². The van der Waals surface area contributed by atoms with Crippen molar-refractivity contribution in [2.75, 3.05) is 0 Å². The molecule has 108 valence electrons. The number of nitriles is 2. The predicted molar refractivity (Wildman–Crippen MR) is 74.3 cm³/mol. The Labute approximate surface area is 126 Å². The maximum Gasteiger partial charge on any atom is 0.239 e. The van der Waals surface area contributed by atoms with Crippen LogP contribution in [0, 0.1) is 22.7 Å². The number of azo groups is 1. The Hall–Kier alpha value is -1.80. The van der Waals surface area contributed by atoms with Crippen LogP contribution < -0.4 is 0 Å². The van der Waals surface area contributed by atoms with Crippen molar-refractivity contribution in [3.8, 4) is 12.1 Å². The maximum absolute atomic E-state index is 10.4. The first-order chi connectivity index (χ1) is 9.04. The molecule has 0 aromatic carbocycles. The van der Waals surface area contributed by atoms with Gasteiger partial charge in [-0.1, -0.05) is 0 Å². The summed E-state index contributed by atoms with van der Waals surface area (Å²) in [5.74, 6) is -0.287. The molecule has 0 aromatic rings. The van der Waals surface area contributed by atoms with E-state index in [4.69, 9.17) is 10.5 Å². The van der Waals surface area contributed by atoms with Gasteiger partial charge in [0.2, 0.25) is 11.8 Å². The zero-order valence-corrected chi connectivity index (χ0v) is 13.4. The number of hydrogen-bond donors (Lipinski definition) is 0. The highest BCUT2D eigenvalue weighted by Crippen LogP contribution is 2.15. The summed E-state index contributed by atoms with van der Waals surface area (Å²) < 4.78 is 0.979. The third-order valence-electron chi connectivity index (χ3n) is 2.09. The average molecular weight is 342 g/mol. The number of carbonyl (C=O) groups excluding carboxylic acids is 2. The minimum Gasteiger partial charge on any atom is -0.274 e. The maximum atomic E-state index is 10.4. The Morgan fingerprint density at radius 3 is 1.45 bits per heavy atom. The summed E-state index contributed by atoms with van der Waals surface area (Å²) >= 11 is 2.80. The van der Waals surface area contributed by atoms with E-state index in [-0.39, 0.29) is 11.8 Å².